The number of hydrogen-bond donors (Lipinski definition) is 2. The zero-order valence-electron chi connectivity index (χ0n) is 15.8. The van der Waals surface area contributed by atoms with Crippen molar-refractivity contribution in [2.24, 2.45) is 5.92 Å². The molecule has 8 heteroatoms. The quantitative estimate of drug-likeness (QED) is 0.640. The molecule has 1 aliphatic heterocycles. The van der Waals surface area contributed by atoms with Crippen LogP contribution in [0.5, 0.6) is 0 Å². The molecule has 28 heavy (non-hydrogen) atoms. The van der Waals surface area contributed by atoms with Crippen molar-refractivity contribution in [1.82, 2.24) is 9.97 Å². The van der Waals surface area contributed by atoms with Crippen molar-refractivity contribution in [3.05, 3.63) is 48.5 Å². The molecule has 1 unspecified atom stereocenters. The topological polar surface area (TPSA) is 76.5 Å². The van der Waals surface area contributed by atoms with Crippen molar-refractivity contribution in [1.29, 1.82) is 0 Å². The Morgan fingerprint density at radius 3 is 3.00 bits per heavy atom. The van der Waals surface area contributed by atoms with Gasteiger partial charge in [0.2, 0.25) is 0 Å². The number of thiophene rings is 2. The van der Waals surface area contributed by atoms with E-state index in [2.05, 4.69) is 16.4 Å². The van der Waals surface area contributed by atoms with Crippen LogP contribution in [0.15, 0.2) is 16.2 Å². The van der Waals surface area contributed by atoms with Crippen LogP contribution in [0.3, 0.4) is 0 Å². The molecule has 2 N–H and O–H groups in total. The molecule has 5 rings (SSSR count). The average molecular weight is 417 g/mol. The average Bonchev–Trinajstić information content (AvgIpc) is 3.30. The van der Waals surface area contributed by atoms with Gasteiger partial charge in [-0.25, -0.2) is 9.78 Å². The summed E-state index contributed by atoms with van der Waals surface area (Å²) >= 11 is 3.11. The highest BCUT2D eigenvalue weighted by molar-refractivity contribution is 7.20. The van der Waals surface area contributed by atoms with Gasteiger partial charge in [0.1, 0.15) is 22.3 Å². The van der Waals surface area contributed by atoms with Gasteiger partial charge in [0.05, 0.1) is 19.0 Å². The number of ether oxygens (including phenoxy) is 1. The predicted octanol–water partition coefficient (Wildman–Crippen LogP) is 2.23. The second-order valence-electron chi connectivity index (χ2n) is 7.69. The zero-order valence-corrected chi connectivity index (χ0v) is 17.5. The molecule has 0 bridgehead atoms. The van der Waals surface area contributed by atoms with E-state index in [9.17, 15) is 9.59 Å². The van der Waals surface area contributed by atoms with Crippen molar-refractivity contribution < 1.29 is 14.4 Å². The van der Waals surface area contributed by atoms with Crippen molar-refractivity contribution in [2.75, 3.05) is 13.7 Å². The number of quaternary nitrogens is 1. The van der Waals surface area contributed by atoms with Crippen LogP contribution in [0.4, 0.5) is 0 Å². The maximum atomic E-state index is 12.7. The van der Waals surface area contributed by atoms with E-state index in [4.69, 9.17) is 9.72 Å². The predicted molar refractivity (Wildman–Crippen MR) is 109 cm³/mol. The third-order valence-corrected chi connectivity index (χ3v) is 8.10. The normalized spacial score (nSPS) is 21.6. The van der Waals surface area contributed by atoms with Crippen molar-refractivity contribution in [2.45, 2.75) is 38.8 Å². The summed E-state index contributed by atoms with van der Waals surface area (Å²) in [5.74, 6) is 1.03. The van der Waals surface area contributed by atoms with E-state index in [0.717, 1.165) is 18.9 Å². The van der Waals surface area contributed by atoms with E-state index in [0.29, 0.717) is 39.1 Å². The fourth-order valence-electron chi connectivity index (χ4n) is 4.47. The van der Waals surface area contributed by atoms with Gasteiger partial charge in [-0.3, -0.25) is 4.79 Å². The Hall–Kier alpha value is -2.03. The number of methoxy groups -OCH3 is 1. The lowest BCUT2D eigenvalue weighted by molar-refractivity contribution is -0.950. The third-order valence-electron chi connectivity index (χ3n) is 5.94. The number of hydrogen-bond acceptors (Lipinski definition) is 6. The van der Waals surface area contributed by atoms with Crippen molar-refractivity contribution in [3.8, 4) is 0 Å². The van der Waals surface area contributed by atoms with E-state index in [1.807, 2.05) is 11.3 Å². The highest BCUT2D eigenvalue weighted by Crippen LogP contribution is 2.42. The summed E-state index contributed by atoms with van der Waals surface area (Å²) in [6.45, 7) is 3.54. The summed E-state index contributed by atoms with van der Waals surface area (Å²) in [6, 6.07) is 2.79. The van der Waals surface area contributed by atoms with Gasteiger partial charge in [-0.2, -0.15) is 0 Å². The summed E-state index contributed by atoms with van der Waals surface area (Å²) in [5, 5.41) is 2.71. The van der Waals surface area contributed by atoms with Gasteiger partial charge in [0.25, 0.3) is 5.56 Å². The first kappa shape index (κ1) is 18.0. The smallest absolute Gasteiger partial charge is 0.348 e. The second kappa shape index (κ2) is 6.79. The maximum absolute atomic E-state index is 12.7. The van der Waals surface area contributed by atoms with E-state index in [-0.39, 0.29) is 5.56 Å². The van der Waals surface area contributed by atoms with Crippen LogP contribution < -0.4 is 10.5 Å². The molecule has 1 saturated carbocycles. The number of aromatic amines is 1. The minimum Gasteiger partial charge on any atom is -0.465 e. The maximum Gasteiger partial charge on any atom is 0.348 e. The van der Waals surface area contributed by atoms with Gasteiger partial charge < -0.3 is 14.6 Å². The van der Waals surface area contributed by atoms with Crippen LogP contribution in [-0.4, -0.2) is 29.6 Å². The number of aromatic nitrogens is 2. The molecule has 0 spiro atoms. The van der Waals surface area contributed by atoms with Crippen molar-refractivity contribution in [3.63, 3.8) is 0 Å². The molecule has 2 aliphatic rings. The molecule has 146 valence electrons. The molecule has 2 atom stereocenters. The fourth-order valence-corrected chi connectivity index (χ4v) is 6.52. The Morgan fingerprint density at radius 2 is 2.25 bits per heavy atom. The Balaban J connectivity index is 1.50. The molecule has 3 aromatic heterocycles. The van der Waals surface area contributed by atoms with Gasteiger partial charge in [-0.05, 0) is 36.8 Å². The molecular weight excluding hydrogens is 394 g/mol. The molecule has 0 aromatic carbocycles. The number of nitrogens with one attached hydrogen (secondary N) is 2. The minimum absolute atomic E-state index is 0.167. The summed E-state index contributed by atoms with van der Waals surface area (Å²) in [7, 11) is 1.35. The summed E-state index contributed by atoms with van der Waals surface area (Å²) in [6.07, 6.45) is 3.67. The first-order chi connectivity index (χ1) is 13.6. The summed E-state index contributed by atoms with van der Waals surface area (Å²) < 4.78 is 4.84. The number of fused-ring (bicyclic) bond motifs is 2. The molecule has 0 radical (unpaired) electrons. The lowest BCUT2D eigenvalue weighted by atomic mass is 9.96. The van der Waals surface area contributed by atoms with Crippen LogP contribution in [0.25, 0.3) is 10.2 Å². The first-order valence-corrected chi connectivity index (χ1v) is 11.3. The molecule has 6 nitrogen and oxygen atoms in total. The number of rotatable bonds is 4. The summed E-state index contributed by atoms with van der Waals surface area (Å²) in [4.78, 5) is 36.5. The molecule has 4 heterocycles. The number of esters is 1. The number of carbonyl (C=O) groups is 1. The number of H-pyrrole nitrogens is 1. The number of nitrogens with zero attached hydrogens (tertiary/aromatic N) is 1. The highest BCUT2D eigenvalue weighted by Gasteiger charge is 2.43. The second-order valence-corrected chi connectivity index (χ2v) is 9.69. The van der Waals surface area contributed by atoms with Crippen LogP contribution >= 0.6 is 22.7 Å². The molecular formula is C20H22N3O3S2+. The fraction of sp³-hybridized carbons (Fsp3) is 0.450. The van der Waals surface area contributed by atoms with Gasteiger partial charge in [0.15, 0.2) is 5.82 Å². The van der Waals surface area contributed by atoms with E-state index >= 15 is 0 Å². The van der Waals surface area contributed by atoms with Gasteiger partial charge in [-0.1, -0.05) is 0 Å². The SMILES string of the molecule is COC(=O)c1sc2nc(C[NH+]3CCc4sccc4[C@H]3C3CC3)[nH]c(=O)c2c1C. The monoisotopic (exact) mass is 416 g/mol. The van der Waals surface area contributed by atoms with Gasteiger partial charge >= 0.3 is 5.97 Å². The van der Waals surface area contributed by atoms with E-state index < -0.39 is 5.97 Å². The van der Waals surface area contributed by atoms with Crippen LogP contribution in [0, 0.1) is 12.8 Å². The molecule has 1 fully saturated rings. The molecule has 0 amide bonds. The molecule has 1 aliphatic carbocycles. The Morgan fingerprint density at radius 1 is 1.43 bits per heavy atom. The molecule has 0 saturated heterocycles. The standard InChI is InChI=1S/C20H21N3O3S2/c1-10-15-18(24)21-14(22-19(15)28-17(10)20(25)26-2)9-23-7-5-13-12(6-8-27-13)16(23)11-3-4-11/h6,8,11,16H,3-5,7,9H2,1-2H3,(H,21,22,24)/p+1/t16-/m1/s1. The van der Waals surface area contributed by atoms with Gasteiger partial charge in [-0.15, -0.1) is 22.7 Å². The largest absolute Gasteiger partial charge is 0.465 e. The number of aryl methyl sites for hydroxylation is 1. The van der Waals surface area contributed by atoms with E-state index in [1.54, 1.807) is 6.92 Å². The highest BCUT2D eigenvalue weighted by atomic mass is 32.1. The van der Waals surface area contributed by atoms with Crippen LogP contribution in [-0.2, 0) is 17.7 Å². The van der Waals surface area contributed by atoms with Gasteiger partial charge in [0, 0.05) is 22.8 Å². The lowest BCUT2D eigenvalue weighted by Crippen LogP contribution is -3.12. The Bertz CT molecular complexity index is 1130. The lowest BCUT2D eigenvalue weighted by Gasteiger charge is -2.32. The van der Waals surface area contributed by atoms with E-state index in [1.165, 1.54) is 46.6 Å². The zero-order chi connectivity index (χ0) is 19.4. The number of carbonyl (C=O) groups excluding carboxylic acids is 1. The van der Waals surface area contributed by atoms with Crippen molar-refractivity contribution >= 4 is 38.9 Å². The molecule has 3 aromatic rings. The van der Waals surface area contributed by atoms with Crippen LogP contribution in [0.1, 0.15) is 50.4 Å². The Labute approximate surface area is 170 Å². The third kappa shape index (κ3) is 2.91. The van der Waals surface area contributed by atoms with Crippen LogP contribution in [0.2, 0.25) is 0 Å². The Kier molecular flexibility index (Phi) is 4.37. The minimum atomic E-state index is -0.415. The summed E-state index contributed by atoms with van der Waals surface area (Å²) in [5.41, 5.74) is 1.98. The first-order valence-electron chi connectivity index (χ1n) is 9.58.